The normalized spacial score (nSPS) is 11.2. The van der Waals surface area contributed by atoms with Gasteiger partial charge in [0.15, 0.2) is 80.5 Å². The maximum absolute atomic E-state index is 9.48. The number of benzene rings is 7. The topological polar surface area (TPSA) is 782 Å². The minimum atomic E-state index is -0.259. The summed E-state index contributed by atoms with van der Waals surface area (Å²) in [7, 11) is 25.6. The molecule has 141 heavy (non-hydrogen) atoms. The van der Waals surface area contributed by atoms with Crippen LogP contribution in [0.2, 0.25) is 0 Å². The first kappa shape index (κ1) is 102. The first-order chi connectivity index (χ1) is 67.2. The lowest BCUT2D eigenvalue weighted by molar-refractivity contribution is 0.173. The van der Waals surface area contributed by atoms with Crippen LogP contribution in [0.3, 0.4) is 0 Å². The standard InChI is InChI=1S/C16H22N6O2.C15H20N6O2.C14H18N6O2.C11H14N6O2.2C10H12N6O2.C9H10N6O2/c1-21(2)15-18-14(19-16(20-15)22(3)4)17-9-8-11-6-5-7-12-13(11)24-10-23-12;1-20(2)14-17-13(16)18-15(19-14)21(3)8-7-10-5-4-6-11-12(10)23-9-22-11;1-19(2)13-16-12(15)17-14(18-13)20(3)7-9-5-4-6-10-11(9)22-8-21-10;1-13-10-14-9(12)15-11(16-10)17(2)6-3-4-7(18)8(19)5-6;1-16(5-2-3-6(17)7(18)4-5)10-14-8(11)13-9(12)15-10;1-12-9-14-8(11)15-10(16-9)13-5-2-3-6(17)7(18)4-5;10-7-13-8(11)15-9(14-7)12-4-1-2-5(16)6(17)3-4/h5-7H,8-10H2,1-4H3,(H,17,18,19,20);4-6H,7-9H2,1-3H3,(H2,16,17,18,19);4-6H,7-8H2,1-3H3,(H2,15,16,17,18);3-5,18-19H,1-2H3,(H3,12,13,14,15,16);2-4,17-18H,1H3,(H4,11,12,13,14,15);2-4,17-18H,1H3,(H4,11,12,13,14,15,16);1-3,16-17H,(H5,10,11,12,13,14,15). The molecule has 7 aromatic heterocycles. The molecule has 0 saturated heterocycles. The van der Waals surface area contributed by atoms with Crippen molar-refractivity contribution in [1.29, 1.82) is 0 Å². The molecule has 7 aromatic carbocycles. The van der Waals surface area contributed by atoms with Crippen molar-refractivity contribution in [3.8, 4) is 80.5 Å². The van der Waals surface area contributed by atoms with Gasteiger partial charge in [0, 0.05) is 171 Å². The Bertz CT molecular complexity index is 6560. The molecular weight excluding hydrogens is 1830 g/mol. The van der Waals surface area contributed by atoms with Crippen LogP contribution in [-0.4, -0.2) is 278 Å². The number of aromatic nitrogens is 21. The highest BCUT2D eigenvalue weighted by molar-refractivity contribution is 5.66. The Labute approximate surface area is 805 Å². The number of nitrogens with one attached hydrogen (secondary N) is 5. The molecule has 14 aromatic rings. The third-order valence-electron chi connectivity index (χ3n) is 19.2. The number of aromatic hydroxyl groups is 8. The summed E-state index contributed by atoms with van der Waals surface area (Å²) in [6.45, 7) is 2.78. The number of para-hydroxylation sites is 3. The van der Waals surface area contributed by atoms with Gasteiger partial charge in [-0.2, -0.15) is 105 Å². The van der Waals surface area contributed by atoms with Gasteiger partial charge in [-0.25, -0.2) is 0 Å². The van der Waals surface area contributed by atoms with Gasteiger partial charge in [0.05, 0.1) is 0 Å². The van der Waals surface area contributed by atoms with Crippen LogP contribution in [0.1, 0.15) is 16.7 Å². The number of anilines is 25. The van der Waals surface area contributed by atoms with Gasteiger partial charge in [-0.05, 0) is 90.7 Å². The molecule has 0 saturated carbocycles. The summed E-state index contributed by atoms with van der Waals surface area (Å²) < 4.78 is 32.8. The fourth-order valence-electron chi connectivity index (χ4n) is 12.2. The van der Waals surface area contributed by atoms with Crippen molar-refractivity contribution in [2.45, 2.75) is 19.4 Å². The molecule has 17 rings (SSSR count). The minimum absolute atomic E-state index is 0.00681. The molecule has 0 bridgehead atoms. The summed E-state index contributed by atoms with van der Waals surface area (Å²) in [6, 6.07) is 34.8. The predicted octanol–water partition coefficient (Wildman–Crippen LogP) is 4.93. The second-order valence-electron chi connectivity index (χ2n) is 30.6. The number of phenolic OH excluding ortho intramolecular Hbond substituents is 8. The van der Waals surface area contributed by atoms with Crippen LogP contribution in [0.15, 0.2) is 127 Å². The third kappa shape index (κ3) is 28.6. The van der Waals surface area contributed by atoms with Crippen molar-refractivity contribution in [2.24, 2.45) is 0 Å². The zero-order chi connectivity index (χ0) is 102. The second kappa shape index (κ2) is 47.0. The van der Waals surface area contributed by atoms with Gasteiger partial charge >= 0.3 is 0 Å². The molecule has 56 nitrogen and oxygen atoms in total. The number of hydrogen-bond donors (Lipinski definition) is 21. The van der Waals surface area contributed by atoms with Crippen molar-refractivity contribution in [1.82, 2.24) is 105 Å². The zero-order valence-corrected chi connectivity index (χ0v) is 78.9. The number of likely N-dealkylation sites (N-methyl/N-ethyl adjacent to an activating group) is 1. The van der Waals surface area contributed by atoms with Crippen LogP contribution >= 0.6 is 0 Å². The second-order valence-corrected chi connectivity index (χ2v) is 30.6. The van der Waals surface area contributed by atoms with Crippen LogP contribution < -0.4 is 140 Å². The lowest BCUT2D eigenvalue weighted by atomic mass is 10.1. The molecule has 0 amide bonds. The van der Waals surface area contributed by atoms with E-state index in [1.165, 1.54) is 54.6 Å². The summed E-state index contributed by atoms with van der Waals surface area (Å²) in [5, 5.41) is 88.8. The third-order valence-corrected chi connectivity index (χ3v) is 19.2. The highest BCUT2D eigenvalue weighted by Gasteiger charge is 2.25. The van der Waals surface area contributed by atoms with Gasteiger partial charge in [0.25, 0.3) is 0 Å². The molecule has 0 radical (unpaired) electrons. The average molecular weight is 1940 g/mol. The van der Waals surface area contributed by atoms with E-state index in [-0.39, 0.29) is 132 Å². The van der Waals surface area contributed by atoms with E-state index in [0.29, 0.717) is 95.3 Å². The molecule has 56 heteroatoms. The number of ether oxygens (including phenoxy) is 6. The van der Waals surface area contributed by atoms with E-state index < -0.39 is 0 Å². The van der Waals surface area contributed by atoms with E-state index in [1.54, 1.807) is 66.0 Å². The Hall–Kier alpha value is -19.4. The Balaban J connectivity index is 0.000000158. The lowest BCUT2D eigenvalue weighted by Gasteiger charge is -2.20. The molecule has 29 N–H and O–H groups in total. The van der Waals surface area contributed by atoms with Gasteiger partial charge in [-0.15, -0.1) is 0 Å². The summed E-state index contributed by atoms with van der Waals surface area (Å²) in [6.07, 6.45) is 1.57. The molecule has 0 fully saturated rings. The number of nitrogen functional groups attached to an aromatic ring is 8. The number of hydrogen-bond acceptors (Lipinski definition) is 56. The Morgan fingerprint density at radius 2 is 0.596 bits per heavy atom. The number of nitrogens with zero attached hydrogens (tertiary/aromatic N) is 29. The van der Waals surface area contributed by atoms with Crippen molar-refractivity contribution in [3.05, 3.63) is 144 Å². The highest BCUT2D eigenvalue weighted by atomic mass is 16.7. The van der Waals surface area contributed by atoms with Crippen LogP contribution in [0.25, 0.3) is 0 Å². The number of phenols is 8. The van der Waals surface area contributed by atoms with Crippen LogP contribution in [0.5, 0.6) is 80.5 Å². The Morgan fingerprint density at radius 3 is 1.01 bits per heavy atom. The zero-order valence-electron chi connectivity index (χ0n) is 78.9. The molecule has 0 unspecified atom stereocenters. The smallest absolute Gasteiger partial charge is 0.236 e. The fraction of sp³-hybridized carbons (Fsp3) is 0.259. The maximum atomic E-state index is 9.48. The number of rotatable bonds is 25. The van der Waals surface area contributed by atoms with Crippen LogP contribution in [0.4, 0.5) is 148 Å². The van der Waals surface area contributed by atoms with Crippen molar-refractivity contribution < 1.29 is 69.3 Å². The van der Waals surface area contributed by atoms with Gasteiger partial charge in [-0.3, -0.25) is 0 Å². The van der Waals surface area contributed by atoms with Gasteiger partial charge < -0.3 is 181 Å². The molecule has 0 spiro atoms. The Morgan fingerprint density at radius 1 is 0.284 bits per heavy atom. The molecule has 3 aliphatic rings. The largest absolute Gasteiger partial charge is 0.504 e. The van der Waals surface area contributed by atoms with Gasteiger partial charge in [-0.1, -0.05) is 36.4 Å². The van der Waals surface area contributed by atoms with Crippen molar-refractivity contribution >= 4 is 148 Å². The van der Waals surface area contributed by atoms with E-state index in [2.05, 4.69) is 131 Å². The molecule has 0 aliphatic carbocycles. The summed E-state index contributed by atoms with van der Waals surface area (Å²) >= 11 is 0. The van der Waals surface area contributed by atoms with Gasteiger partial charge in [0.2, 0.25) is 145 Å². The van der Waals surface area contributed by atoms with Crippen LogP contribution in [0, 0.1) is 0 Å². The van der Waals surface area contributed by atoms with E-state index in [4.69, 9.17) is 79.4 Å². The quantitative estimate of drug-likeness (QED) is 0.0266. The summed E-state index contributed by atoms with van der Waals surface area (Å²) in [5.41, 5.74) is 49.7. The van der Waals surface area contributed by atoms with E-state index in [0.717, 1.165) is 70.6 Å². The van der Waals surface area contributed by atoms with Crippen molar-refractivity contribution in [2.75, 3.05) is 244 Å². The molecule has 3 aliphatic heterocycles. The maximum Gasteiger partial charge on any atom is 0.236 e. The first-order valence-electron chi connectivity index (χ1n) is 42.0. The predicted molar refractivity (Wildman–Crippen MR) is 531 cm³/mol. The summed E-state index contributed by atoms with van der Waals surface area (Å²) in [5.74, 6) is 9.08. The molecule has 10 heterocycles. The van der Waals surface area contributed by atoms with E-state index >= 15 is 0 Å². The Kier molecular flexibility index (Phi) is 34.0. The monoisotopic (exact) mass is 1940 g/mol. The number of nitrogens with two attached hydrogens (primary N) is 8. The molecule has 0 atom stereocenters. The summed E-state index contributed by atoms with van der Waals surface area (Å²) in [4.78, 5) is 99.5. The number of fused-ring (bicyclic) bond motifs is 3. The highest BCUT2D eigenvalue weighted by Crippen LogP contribution is 2.41. The first-order valence-corrected chi connectivity index (χ1v) is 42.0. The van der Waals surface area contributed by atoms with Crippen molar-refractivity contribution in [3.63, 3.8) is 0 Å². The average Bonchev–Trinajstić information content (AvgIpc) is 1.78. The fourth-order valence-corrected chi connectivity index (χ4v) is 12.2. The SMILES string of the molecule is CN(C)c1nc(N)nc(N(C)CCc2cccc3c2OCO3)n1.CN(C)c1nc(N)nc(N(C)Cc2cccc3c2OCO3)n1.CN(C)c1nc(NCCc2cccc3c2OCO3)nc(N(C)C)n1.CN(c1ccc(O)c(O)c1)c1nc(N)nc(N)n1.CNc1nc(N)nc(N(C)c2ccc(O)c(O)c2)n1.CNc1nc(N)nc(Nc2ccc(O)c(O)c2)n1.Nc1nc(N)nc(Nc2ccc(O)c(O)c2)n1. The molecule has 742 valence electrons. The lowest BCUT2D eigenvalue weighted by Crippen LogP contribution is -2.25. The van der Waals surface area contributed by atoms with Gasteiger partial charge in [0.1, 0.15) is 0 Å². The minimum Gasteiger partial charge on any atom is -0.504 e. The van der Waals surface area contributed by atoms with Crippen LogP contribution in [-0.2, 0) is 19.4 Å². The molecular formula is C85H108N42O14. The van der Waals surface area contributed by atoms with E-state index in [9.17, 15) is 35.7 Å². The van der Waals surface area contributed by atoms with E-state index in [1.807, 2.05) is 145 Å².